The lowest BCUT2D eigenvalue weighted by atomic mass is 9.99. The number of pyridine rings is 1. The van der Waals surface area contributed by atoms with Gasteiger partial charge >= 0.3 is 0 Å². The summed E-state index contributed by atoms with van der Waals surface area (Å²) >= 11 is 6.69. The first kappa shape index (κ1) is 16.3. The molecule has 0 saturated carbocycles. The maximum atomic E-state index is 13.0. The monoisotopic (exact) mass is 387 g/mol. The maximum absolute atomic E-state index is 13.0. The molecule has 1 aromatic carbocycles. The zero-order valence-corrected chi connectivity index (χ0v) is 15.8. The Hall–Kier alpha value is -1.89. The van der Waals surface area contributed by atoms with Gasteiger partial charge < -0.3 is 4.57 Å². The SMILES string of the molecule is Cn1c2c(c3cc(S(=O)(=O)c4cccnc4)ccc31)C1CCC(Cl)(C2)N1. The van der Waals surface area contributed by atoms with Crippen LogP contribution in [0.1, 0.15) is 30.1 Å². The first-order valence-electron chi connectivity index (χ1n) is 8.62. The third-order valence-electron chi connectivity index (χ3n) is 5.65. The average molecular weight is 388 g/mol. The molecule has 5 nitrogen and oxygen atoms in total. The number of hydrogen-bond acceptors (Lipinski definition) is 4. The van der Waals surface area contributed by atoms with Crippen LogP contribution in [0.2, 0.25) is 0 Å². The third kappa shape index (κ3) is 2.19. The minimum atomic E-state index is -3.59. The molecule has 5 rings (SSSR count). The largest absolute Gasteiger partial charge is 0.347 e. The molecule has 2 aliphatic rings. The van der Waals surface area contributed by atoms with Gasteiger partial charge in [0.05, 0.1) is 14.8 Å². The van der Waals surface area contributed by atoms with E-state index in [2.05, 4.69) is 14.9 Å². The van der Waals surface area contributed by atoms with E-state index >= 15 is 0 Å². The van der Waals surface area contributed by atoms with E-state index in [1.165, 1.54) is 17.5 Å². The predicted octanol–water partition coefficient (Wildman–Crippen LogP) is 3.32. The molecule has 26 heavy (non-hydrogen) atoms. The summed E-state index contributed by atoms with van der Waals surface area (Å²) < 4.78 is 28.1. The Balaban J connectivity index is 1.73. The molecule has 2 unspecified atom stereocenters. The van der Waals surface area contributed by atoms with E-state index in [4.69, 9.17) is 11.6 Å². The van der Waals surface area contributed by atoms with Crippen LogP contribution in [-0.2, 0) is 23.3 Å². The molecule has 134 valence electrons. The van der Waals surface area contributed by atoms with Crippen molar-refractivity contribution in [3.05, 3.63) is 54.0 Å². The molecular formula is C19H18ClN3O2S. The van der Waals surface area contributed by atoms with Crippen molar-refractivity contribution in [2.75, 3.05) is 0 Å². The summed E-state index contributed by atoms with van der Waals surface area (Å²) in [5.74, 6) is 0. The van der Waals surface area contributed by atoms with Gasteiger partial charge in [0.15, 0.2) is 0 Å². The lowest BCUT2D eigenvalue weighted by molar-refractivity contribution is 0.455. The summed E-state index contributed by atoms with van der Waals surface area (Å²) in [6, 6.07) is 8.77. The number of nitrogens with zero attached hydrogens (tertiary/aromatic N) is 2. The number of nitrogens with one attached hydrogen (secondary N) is 1. The Labute approximate surface area is 156 Å². The molecule has 0 radical (unpaired) electrons. The standard InChI is InChI=1S/C19H18ClN3O2S/c1-23-16-5-4-12(26(24,25)13-3-2-8-21-11-13)9-14(16)18-15-6-7-19(20,22-15)10-17(18)23/h2-5,8-9,11,15,22H,6-7,10H2,1H3. The Morgan fingerprint density at radius 2 is 2.15 bits per heavy atom. The van der Waals surface area contributed by atoms with E-state index in [0.29, 0.717) is 4.90 Å². The number of rotatable bonds is 2. The lowest BCUT2D eigenvalue weighted by Crippen LogP contribution is -2.41. The molecule has 0 spiro atoms. The Kier molecular flexibility index (Phi) is 3.33. The molecule has 2 atom stereocenters. The van der Waals surface area contributed by atoms with Gasteiger partial charge in [-0.25, -0.2) is 8.42 Å². The molecule has 2 aromatic heterocycles. The predicted molar refractivity (Wildman–Crippen MR) is 100 cm³/mol. The summed E-state index contributed by atoms with van der Waals surface area (Å²) in [6.45, 7) is 0. The van der Waals surface area contributed by atoms with E-state index in [9.17, 15) is 8.42 Å². The minimum Gasteiger partial charge on any atom is -0.347 e. The minimum absolute atomic E-state index is 0.177. The van der Waals surface area contributed by atoms with Crippen LogP contribution in [0.3, 0.4) is 0 Å². The highest BCUT2D eigenvalue weighted by Gasteiger charge is 2.45. The van der Waals surface area contributed by atoms with Gasteiger partial charge in [-0.15, -0.1) is 11.6 Å². The summed E-state index contributed by atoms with van der Waals surface area (Å²) in [4.78, 5) is 4.08. The molecule has 3 aromatic rings. The Morgan fingerprint density at radius 3 is 2.92 bits per heavy atom. The van der Waals surface area contributed by atoms with Gasteiger partial charge in [-0.2, -0.15) is 0 Å². The molecule has 0 aliphatic carbocycles. The second kappa shape index (κ2) is 5.31. The number of fused-ring (bicyclic) bond motifs is 6. The van der Waals surface area contributed by atoms with Gasteiger partial charge in [-0.1, -0.05) is 0 Å². The number of aromatic nitrogens is 2. The first-order valence-corrected chi connectivity index (χ1v) is 10.5. The molecule has 4 heterocycles. The Morgan fingerprint density at radius 1 is 1.31 bits per heavy atom. The van der Waals surface area contributed by atoms with Gasteiger partial charge in [0.25, 0.3) is 0 Å². The van der Waals surface area contributed by atoms with Gasteiger partial charge in [-0.3, -0.25) is 10.3 Å². The lowest BCUT2D eigenvalue weighted by Gasteiger charge is -2.29. The van der Waals surface area contributed by atoms with E-state index < -0.39 is 9.84 Å². The topological polar surface area (TPSA) is 64.0 Å². The quantitative estimate of drug-likeness (QED) is 0.541. The van der Waals surface area contributed by atoms with Crippen molar-refractivity contribution in [3.63, 3.8) is 0 Å². The number of hydrogen-bond donors (Lipinski definition) is 1. The van der Waals surface area contributed by atoms with Crippen LogP contribution in [0.4, 0.5) is 0 Å². The fraction of sp³-hybridized carbons (Fsp3) is 0.316. The summed E-state index contributed by atoms with van der Waals surface area (Å²) in [7, 11) is -1.56. The van der Waals surface area contributed by atoms with E-state index in [-0.39, 0.29) is 15.9 Å². The van der Waals surface area contributed by atoms with E-state index in [0.717, 1.165) is 30.2 Å². The molecule has 2 aliphatic heterocycles. The van der Waals surface area contributed by atoms with Crippen molar-refractivity contribution in [2.24, 2.45) is 7.05 Å². The van der Waals surface area contributed by atoms with Crippen molar-refractivity contribution in [1.29, 1.82) is 0 Å². The number of alkyl halides is 1. The fourth-order valence-electron chi connectivity index (χ4n) is 4.37. The highest BCUT2D eigenvalue weighted by molar-refractivity contribution is 7.91. The zero-order valence-electron chi connectivity index (χ0n) is 14.2. The summed E-state index contributed by atoms with van der Waals surface area (Å²) in [5.41, 5.74) is 3.43. The number of benzene rings is 1. The molecular weight excluding hydrogens is 370 g/mol. The highest BCUT2D eigenvalue weighted by Crippen LogP contribution is 2.47. The van der Waals surface area contributed by atoms with Gasteiger partial charge in [0, 0.05) is 48.5 Å². The van der Waals surface area contributed by atoms with Crippen LogP contribution in [0.5, 0.6) is 0 Å². The van der Waals surface area contributed by atoms with Crippen LogP contribution in [0.25, 0.3) is 10.9 Å². The summed E-state index contributed by atoms with van der Waals surface area (Å²) in [6.07, 6.45) is 5.59. The Bertz CT molecular complexity index is 1140. The van der Waals surface area contributed by atoms with Gasteiger partial charge in [0.1, 0.15) is 0 Å². The van der Waals surface area contributed by atoms with Crippen molar-refractivity contribution in [1.82, 2.24) is 14.9 Å². The smallest absolute Gasteiger partial charge is 0.208 e. The molecule has 1 N–H and O–H groups in total. The zero-order chi connectivity index (χ0) is 18.1. The van der Waals surface area contributed by atoms with Crippen LogP contribution < -0.4 is 5.32 Å². The summed E-state index contributed by atoms with van der Waals surface area (Å²) in [5, 5.41) is 4.50. The van der Waals surface area contributed by atoms with Crippen LogP contribution in [-0.4, -0.2) is 23.0 Å². The molecule has 7 heteroatoms. The van der Waals surface area contributed by atoms with Crippen molar-refractivity contribution >= 4 is 32.3 Å². The third-order valence-corrected chi connectivity index (χ3v) is 7.82. The van der Waals surface area contributed by atoms with E-state index in [1.54, 1.807) is 30.5 Å². The van der Waals surface area contributed by atoms with Gasteiger partial charge in [-0.05, 0) is 48.7 Å². The molecule has 0 amide bonds. The molecule has 1 saturated heterocycles. The second-order valence-corrected chi connectivity index (χ2v) is 9.84. The average Bonchev–Trinajstić information content (AvgIpc) is 3.10. The first-order chi connectivity index (χ1) is 12.4. The number of halogens is 1. The van der Waals surface area contributed by atoms with E-state index in [1.807, 2.05) is 13.1 Å². The normalized spacial score (nSPS) is 24.8. The van der Waals surface area contributed by atoms with Crippen LogP contribution in [0.15, 0.2) is 52.5 Å². The van der Waals surface area contributed by atoms with Crippen molar-refractivity contribution in [2.45, 2.75) is 40.1 Å². The maximum Gasteiger partial charge on any atom is 0.208 e. The molecule has 1 fully saturated rings. The molecule has 2 bridgehead atoms. The van der Waals surface area contributed by atoms with Crippen LogP contribution in [0, 0.1) is 0 Å². The number of aryl methyl sites for hydroxylation is 1. The second-order valence-electron chi connectivity index (χ2n) is 7.17. The van der Waals surface area contributed by atoms with Gasteiger partial charge in [0.2, 0.25) is 9.84 Å². The highest BCUT2D eigenvalue weighted by atomic mass is 35.5. The number of sulfone groups is 1. The van der Waals surface area contributed by atoms with Crippen LogP contribution >= 0.6 is 11.6 Å². The van der Waals surface area contributed by atoms with Crippen molar-refractivity contribution < 1.29 is 8.42 Å². The van der Waals surface area contributed by atoms with Crippen molar-refractivity contribution in [3.8, 4) is 0 Å². The fourth-order valence-corrected chi connectivity index (χ4v) is 5.98.